The second-order valence-electron chi connectivity index (χ2n) is 7.00. The lowest BCUT2D eigenvalue weighted by molar-refractivity contribution is -0.137. The van der Waals surface area contributed by atoms with Gasteiger partial charge in [-0.15, -0.1) is 0 Å². The lowest BCUT2D eigenvalue weighted by atomic mass is 10.1. The van der Waals surface area contributed by atoms with Crippen LogP contribution in [-0.4, -0.2) is 41.9 Å². The van der Waals surface area contributed by atoms with Crippen molar-refractivity contribution in [2.24, 2.45) is 0 Å². The zero-order chi connectivity index (χ0) is 18.4. The topological polar surface area (TPSA) is 58.6 Å². The molecule has 5 nitrogen and oxygen atoms in total. The van der Waals surface area contributed by atoms with Crippen molar-refractivity contribution in [2.75, 3.05) is 19.7 Å². The number of ether oxygens (including phenoxy) is 1. The number of rotatable bonds is 6. The summed E-state index contributed by atoms with van der Waals surface area (Å²) < 4.78 is 5.62. The van der Waals surface area contributed by atoms with Crippen LogP contribution in [-0.2, 0) is 9.59 Å². The smallest absolute Gasteiger partial charge is 0.260 e. The van der Waals surface area contributed by atoms with Crippen LogP contribution in [0.15, 0.2) is 42.5 Å². The van der Waals surface area contributed by atoms with Crippen LogP contribution in [0.4, 0.5) is 0 Å². The van der Waals surface area contributed by atoms with Crippen LogP contribution in [0.5, 0.6) is 5.75 Å². The van der Waals surface area contributed by atoms with Gasteiger partial charge < -0.3 is 15.0 Å². The fourth-order valence-corrected chi connectivity index (χ4v) is 2.50. The molecule has 2 aromatic carbocycles. The molecule has 0 aliphatic carbocycles. The summed E-state index contributed by atoms with van der Waals surface area (Å²) in [4.78, 5) is 25.8. The van der Waals surface area contributed by atoms with E-state index in [9.17, 15) is 9.59 Å². The number of amides is 2. The lowest BCUT2D eigenvalue weighted by Gasteiger charge is -2.25. The zero-order valence-electron chi connectivity index (χ0n) is 15.3. The number of hydrogen-bond acceptors (Lipinski definition) is 3. The van der Waals surface area contributed by atoms with E-state index in [1.807, 2.05) is 70.2 Å². The largest absolute Gasteiger partial charge is 0.484 e. The Bertz CT molecular complexity index is 750. The Morgan fingerprint density at radius 3 is 2.40 bits per heavy atom. The first-order valence-corrected chi connectivity index (χ1v) is 8.49. The number of likely N-dealkylation sites (N-methyl/N-ethyl adjacent to an activating group) is 1. The average Bonchev–Trinajstić information content (AvgIpc) is 2.55. The first-order chi connectivity index (χ1) is 11.8. The van der Waals surface area contributed by atoms with E-state index in [4.69, 9.17) is 4.74 Å². The van der Waals surface area contributed by atoms with Gasteiger partial charge in [0.15, 0.2) is 6.61 Å². The molecule has 2 rings (SSSR count). The van der Waals surface area contributed by atoms with Crippen molar-refractivity contribution in [2.45, 2.75) is 33.2 Å². The highest BCUT2D eigenvalue weighted by atomic mass is 16.5. The maximum Gasteiger partial charge on any atom is 0.260 e. The summed E-state index contributed by atoms with van der Waals surface area (Å²) >= 11 is 0. The van der Waals surface area contributed by atoms with Gasteiger partial charge in [0.05, 0.1) is 6.54 Å². The van der Waals surface area contributed by atoms with Crippen molar-refractivity contribution >= 4 is 22.6 Å². The van der Waals surface area contributed by atoms with Crippen molar-refractivity contribution in [3.63, 3.8) is 0 Å². The van der Waals surface area contributed by atoms with Gasteiger partial charge in [0.25, 0.3) is 5.91 Å². The molecule has 0 unspecified atom stereocenters. The molecule has 2 amide bonds. The Kier molecular flexibility index (Phi) is 6.02. The van der Waals surface area contributed by atoms with Crippen LogP contribution in [0.2, 0.25) is 0 Å². The number of benzene rings is 2. The van der Waals surface area contributed by atoms with Crippen molar-refractivity contribution < 1.29 is 14.3 Å². The molecule has 134 valence electrons. The van der Waals surface area contributed by atoms with Crippen LogP contribution in [0.1, 0.15) is 27.7 Å². The molecule has 0 spiro atoms. The van der Waals surface area contributed by atoms with Gasteiger partial charge in [0, 0.05) is 12.1 Å². The van der Waals surface area contributed by atoms with Crippen molar-refractivity contribution in [3.8, 4) is 5.75 Å². The van der Waals surface area contributed by atoms with E-state index in [2.05, 4.69) is 5.32 Å². The Labute approximate surface area is 149 Å². The van der Waals surface area contributed by atoms with Gasteiger partial charge in [-0.05, 0) is 50.6 Å². The van der Waals surface area contributed by atoms with Gasteiger partial charge in [-0.25, -0.2) is 0 Å². The third kappa shape index (κ3) is 5.78. The van der Waals surface area contributed by atoms with E-state index < -0.39 is 0 Å². The van der Waals surface area contributed by atoms with Gasteiger partial charge in [-0.1, -0.05) is 30.3 Å². The van der Waals surface area contributed by atoms with E-state index in [1.165, 1.54) is 4.90 Å². The summed E-state index contributed by atoms with van der Waals surface area (Å²) in [7, 11) is 0. The predicted molar refractivity (Wildman–Crippen MR) is 99.6 cm³/mol. The second kappa shape index (κ2) is 8.01. The fourth-order valence-electron chi connectivity index (χ4n) is 2.50. The molecule has 0 bridgehead atoms. The first kappa shape index (κ1) is 18.8. The third-order valence-electron chi connectivity index (χ3n) is 3.67. The minimum atomic E-state index is -0.318. The maximum atomic E-state index is 12.3. The number of nitrogens with zero attached hydrogens (tertiary/aromatic N) is 1. The van der Waals surface area contributed by atoms with E-state index in [1.54, 1.807) is 0 Å². The molecule has 1 N–H and O–H groups in total. The van der Waals surface area contributed by atoms with Crippen molar-refractivity contribution in [3.05, 3.63) is 42.5 Å². The van der Waals surface area contributed by atoms with Crippen LogP contribution >= 0.6 is 0 Å². The molecular weight excluding hydrogens is 316 g/mol. The second-order valence-corrected chi connectivity index (χ2v) is 7.00. The zero-order valence-corrected chi connectivity index (χ0v) is 15.3. The van der Waals surface area contributed by atoms with Crippen LogP contribution in [0.3, 0.4) is 0 Å². The first-order valence-electron chi connectivity index (χ1n) is 8.49. The lowest BCUT2D eigenvalue weighted by Crippen LogP contribution is -2.48. The molecule has 0 fully saturated rings. The molecule has 5 heteroatoms. The molecule has 0 atom stereocenters. The van der Waals surface area contributed by atoms with Gasteiger partial charge in [-0.2, -0.15) is 0 Å². The summed E-state index contributed by atoms with van der Waals surface area (Å²) in [5, 5.41) is 5.04. The van der Waals surface area contributed by atoms with Crippen molar-refractivity contribution in [1.29, 1.82) is 0 Å². The molecular formula is C20H26N2O3. The van der Waals surface area contributed by atoms with Crippen LogP contribution in [0.25, 0.3) is 10.8 Å². The van der Waals surface area contributed by atoms with Gasteiger partial charge >= 0.3 is 0 Å². The minimum Gasteiger partial charge on any atom is -0.484 e. The molecule has 2 aromatic rings. The van der Waals surface area contributed by atoms with Gasteiger partial charge in [0.2, 0.25) is 5.91 Å². The Morgan fingerprint density at radius 1 is 1.08 bits per heavy atom. The van der Waals surface area contributed by atoms with Gasteiger partial charge in [0.1, 0.15) is 5.75 Å². The molecule has 0 aliphatic rings. The highest BCUT2D eigenvalue weighted by molar-refractivity contribution is 5.86. The number of nitrogens with one attached hydrogen (secondary N) is 1. The highest BCUT2D eigenvalue weighted by Crippen LogP contribution is 2.20. The molecule has 0 radical (unpaired) electrons. The maximum absolute atomic E-state index is 12.3. The normalized spacial score (nSPS) is 11.2. The fraction of sp³-hybridized carbons (Fsp3) is 0.400. The van der Waals surface area contributed by atoms with E-state index in [-0.39, 0.29) is 30.5 Å². The molecule has 0 aliphatic heterocycles. The molecule has 25 heavy (non-hydrogen) atoms. The number of fused-ring (bicyclic) bond motifs is 1. The summed E-state index contributed by atoms with van der Waals surface area (Å²) in [5.74, 6) is 0.260. The monoisotopic (exact) mass is 342 g/mol. The predicted octanol–water partition coefficient (Wildman–Crippen LogP) is 2.98. The summed E-state index contributed by atoms with van der Waals surface area (Å²) in [6.45, 7) is 7.97. The highest BCUT2D eigenvalue weighted by Gasteiger charge is 2.19. The quantitative estimate of drug-likeness (QED) is 0.878. The van der Waals surface area contributed by atoms with E-state index >= 15 is 0 Å². The van der Waals surface area contributed by atoms with Crippen LogP contribution < -0.4 is 10.1 Å². The number of carbonyl (C=O) groups excluding carboxylic acids is 2. The SMILES string of the molecule is CCN(CC(=O)NC(C)(C)C)C(=O)COc1ccc2ccccc2c1. The summed E-state index contributed by atoms with van der Waals surface area (Å²) in [6, 6.07) is 13.7. The summed E-state index contributed by atoms with van der Waals surface area (Å²) in [6.07, 6.45) is 0. The average molecular weight is 342 g/mol. The van der Waals surface area contributed by atoms with E-state index in [0.717, 1.165) is 10.8 Å². The Hall–Kier alpha value is -2.56. The van der Waals surface area contributed by atoms with Crippen LogP contribution in [0, 0.1) is 0 Å². The van der Waals surface area contributed by atoms with Gasteiger partial charge in [-0.3, -0.25) is 9.59 Å². The Balaban J connectivity index is 1.93. The van der Waals surface area contributed by atoms with Crippen molar-refractivity contribution in [1.82, 2.24) is 10.2 Å². The minimum absolute atomic E-state index is 0.0354. The molecule has 0 saturated carbocycles. The van der Waals surface area contributed by atoms with E-state index in [0.29, 0.717) is 12.3 Å². The molecule has 0 saturated heterocycles. The number of carbonyl (C=O) groups is 2. The Morgan fingerprint density at radius 2 is 1.76 bits per heavy atom. The standard InChI is InChI=1S/C20H26N2O3/c1-5-22(13-18(23)21-20(2,3)4)19(24)14-25-17-11-10-15-8-6-7-9-16(15)12-17/h6-12H,5,13-14H2,1-4H3,(H,21,23). The molecule has 0 heterocycles. The number of hydrogen-bond donors (Lipinski definition) is 1. The third-order valence-corrected chi connectivity index (χ3v) is 3.67. The molecule has 0 aromatic heterocycles. The summed E-state index contributed by atoms with van der Waals surface area (Å²) in [5.41, 5.74) is -0.318.